The summed E-state index contributed by atoms with van der Waals surface area (Å²) >= 11 is 0. The highest BCUT2D eigenvalue weighted by Gasteiger charge is 2.41. The molecule has 1 amide bonds. The predicted octanol–water partition coefficient (Wildman–Crippen LogP) is 3.57. The van der Waals surface area contributed by atoms with Crippen LogP contribution in [0.4, 0.5) is 0 Å². The number of rotatable bonds is 6. The van der Waals surface area contributed by atoms with Gasteiger partial charge in [-0.15, -0.1) is 0 Å². The molecule has 6 nitrogen and oxygen atoms in total. The number of benzene rings is 1. The van der Waals surface area contributed by atoms with E-state index in [1.165, 1.54) is 12.0 Å². The Balaban J connectivity index is 1.33. The number of carbonyl (C=O) groups excluding carboxylic acids is 1. The molecule has 0 unspecified atom stereocenters. The number of aromatic amines is 1. The van der Waals surface area contributed by atoms with Crippen LogP contribution in [-0.4, -0.2) is 58.7 Å². The van der Waals surface area contributed by atoms with Crippen molar-refractivity contribution in [3.63, 3.8) is 0 Å². The van der Waals surface area contributed by atoms with Crippen molar-refractivity contribution in [2.75, 3.05) is 32.8 Å². The third-order valence-electron chi connectivity index (χ3n) is 6.31. The maximum atomic E-state index is 12.6. The number of H-pyrrole nitrogens is 1. The van der Waals surface area contributed by atoms with Gasteiger partial charge in [0, 0.05) is 37.9 Å². The molecule has 1 aromatic carbocycles. The number of piperidine rings is 1. The summed E-state index contributed by atoms with van der Waals surface area (Å²) in [5, 5.41) is 6.63. The fraction of sp³-hybridized carbons (Fsp3) is 0.565. The average molecular weight is 397 g/mol. The van der Waals surface area contributed by atoms with Crippen LogP contribution in [0.15, 0.2) is 36.7 Å². The standard InChI is InChI=1S/C23H32N4O2/c1-18(2)16-29-21-6-4-3-5-19(21)15-26-10-7-23(17-26)8-11-27(12-9-23)22(28)20-13-24-25-14-20/h3-6,13-14,18H,7-12,15-17H2,1-2H3,(H,24,25). The molecule has 0 atom stereocenters. The second-order valence-electron chi connectivity index (χ2n) is 9.05. The minimum atomic E-state index is 0.0969. The highest BCUT2D eigenvalue weighted by Crippen LogP contribution is 2.41. The van der Waals surface area contributed by atoms with Crippen LogP contribution in [0.1, 0.15) is 49.0 Å². The third-order valence-corrected chi connectivity index (χ3v) is 6.31. The number of ether oxygens (including phenoxy) is 1. The molecule has 29 heavy (non-hydrogen) atoms. The zero-order chi connectivity index (χ0) is 20.3. The lowest BCUT2D eigenvalue weighted by atomic mass is 9.77. The highest BCUT2D eigenvalue weighted by molar-refractivity contribution is 5.93. The maximum Gasteiger partial charge on any atom is 0.257 e. The van der Waals surface area contributed by atoms with Crippen molar-refractivity contribution in [2.24, 2.45) is 11.3 Å². The Bertz CT molecular complexity index is 810. The van der Waals surface area contributed by atoms with Crippen molar-refractivity contribution in [1.29, 1.82) is 0 Å². The number of amides is 1. The molecule has 1 N–H and O–H groups in total. The smallest absolute Gasteiger partial charge is 0.257 e. The van der Waals surface area contributed by atoms with Gasteiger partial charge in [0.25, 0.3) is 5.91 Å². The minimum Gasteiger partial charge on any atom is -0.493 e. The van der Waals surface area contributed by atoms with Crippen LogP contribution in [0.5, 0.6) is 5.75 Å². The zero-order valence-electron chi connectivity index (χ0n) is 17.6. The molecule has 4 rings (SSSR count). The van der Waals surface area contributed by atoms with Gasteiger partial charge in [0.15, 0.2) is 0 Å². The summed E-state index contributed by atoms with van der Waals surface area (Å²) in [5.74, 6) is 1.63. The molecule has 156 valence electrons. The number of aromatic nitrogens is 2. The van der Waals surface area contributed by atoms with Crippen LogP contribution in [0.25, 0.3) is 0 Å². The second kappa shape index (κ2) is 8.57. The van der Waals surface area contributed by atoms with E-state index in [-0.39, 0.29) is 5.91 Å². The summed E-state index contributed by atoms with van der Waals surface area (Å²) < 4.78 is 6.04. The van der Waals surface area contributed by atoms with Gasteiger partial charge < -0.3 is 9.64 Å². The molecule has 2 aliphatic heterocycles. The first-order valence-corrected chi connectivity index (χ1v) is 10.8. The second-order valence-corrected chi connectivity index (χ2v) is 9.05. The maximum absolute atomic E-state index is 12.6. The number of nitrogens with one attached hydrogen (secondary N) is 1. The molecule has 0 saturated carbocycles. The van der Waals surface area contributed by atoms with E-state index in [4.69, 9.17) is 4.74 Å². The van der Waals surface area contributed by atoms with Crippen LogP contribution < -0.4 is 4.74 Å². The van der Waals surface area contributed by atoms with Gasteiger partial charge in [-0.3, -0.25) is 14.8 Å². The first-order chi connectivity index (χ1) is 14.0. The van der Waals surface area contributed by atoms with E-state index in [0.29, 0.717) is 16.9 Å². The van der Waals surface area contributed by atoms with Gasteiger partial charge in [0.2, 0.25) is 0 Å². The summed E-state index contributed by atoms with van der Waals surface area (Å²) in [7, 11) is 0. The van der Waals surface area contributed by atoms with E-state index < -0.39 is 0 Å². The van der Waals surface area contributed by atoms with Crippen molar-refractivity contribution < 1.29 is 9.53 Å². The Morgan fingerprint density at radius 3 is 2.69 bits per heavy atom. The van der Waals surface area contributed by atoms with Crippen molar-refractivity contribution in [1.82, 2.24) is 20.0 Å². The molecule has 1 spiro atoms. The number of likely N-dealkylation sites (tertiary alicyclic amines) is 2. The molecule has 0 bridgehead atoms. The number of nitrogens with zero attached hydrogens (tertiary/aromatic N) is 3. The summed E-state index contributed by atoms with van der Waals surface area (Å²) in [6.45, 7) is 9.95. The normalized spacial score (nSPS) is 19.2. The molecule has 1 aromatic heterocycles. The van der Waals surface area contributed by atoms with Crippen LogP contribution >= 0.6 is 0 Å². The van der Waals surface area contributed by atoms with Crippen LogP contribution in [0.3, 0.4) is 0 Å². The Labute approximate surface area is 173 Å². The number of hydrogen-bond donors (Lipinski definition) is 1. The molecular weight excluding hydrogens is 364 g/mol. The summed E-state index contributed by atoms with van der Waals surface area (Å²) in [5.41, 5.74) is 2.28. The molecule has 3 heterocycles. The van der Waals surface area contributed by atoms with Gasteiger partial charge in [-0.25, -0.2) is 0 Å². The summed E-state index contributed by atoms with van der Waals surface area (Å²) in [6.07, 6.45) is 6.68. The Morgan fingerprint density at radius 1 is 1.21 bits per heavy atom. The quantitative estimate of drug-likeness (QED) is 0.811. The first kappa shape index (κ1) is 20.0. The van der Waals surface area contributed by atoms with E-state index in [0.717, 1.165) is 57.9 Å². The van der Waals surface area contributed by atoms with Gasteiger partial charge in [0.1, 0.15) is 5.75 Å². The molecule has 2 aliphatic rings. The van der Waals surface area contributed by atoms with Gasteiger partial charge in [0.05, 0.1) is 18.4 Å². The highest BCUT2D eigenvalue weighted by atomic mass is 16.5. The summed E-state index contributed by atoms with van der Waals surface area (Å²) in [4.78, 5) is 17.1. The lowest BCUT2D eigenvalue weighted by Crippen LogP contribution is -2.44. The third kappa shape index (κ3) is 4.64. The van der Waals surface area contributed by atoms with Crippen LogP contribution in [0, 0.1) is 11.3 Å². The largest absolute Gasteiger partial charge is 0.493 e. The van der Waals surface area contributed by atoms with Gasteiger partial charge in [-0.05, 0) is 43.2 Å². The van der Waals surface area contributed by atoms with Crippen LogP contribution in [-0.2, 0) is 6.54 Å². The van der Waals surface area contributed by atoms with Crippen molar-refractivity contribution in [3.05, 3.63) is 47.8 Å². The van der Waals surface area contributed by atoms with Crippen LogP contribution in [0.2, 0.25) is 0 Å². The SMILES string of the molecule is CC(C)COc1ccccc1CN1CCC2(CCN(C(=O)c3cn[nH]c3)CC2)C1. The van der Waals surface area contributed by atoms with E-state index in [1.54, 1.807) is 12.4 Å². The molecular formula is C23H32N4O2. The molecule has 2 aromatic rings. The van der Waals surface area contributed by atoms with E-state index in [1.807, 2.05) is 4.90 Å². The van der Waals surface area contributed by atoms with Gasteiger partial charge >= 0.3 is 0 Å². The number of para-hydroxylation sites is 1. The zero-order valence-corrected chi connectivity index (χ0v) is 17.6. The lowest BCUT2D eigenvalue weighted by molar-refractivity contribution is 0.0587. The van der Waals surface area contributed by atoms with E-state index >= 15 is 0 Å². The number of hydrogen-bond acceptors (Lipinski definition) is 4. The number of carbonyl (C=O) groups is 1. The van der Waals surface area contributed by atoms with Gasteiger partial charge in [-0.2, -0.15) is 5.10 Å². The molecule has 0 aliphatic carbocycles. The molecule has 2 saturated heterocycles. The fourth-order valence-corrected chi connectivity index (χ4v) is 4.58. The van der Waals surface area contributed by atoms with Crippen molar-refractivity contribution in [3.8, 4) is 5.75 Å². The fourth-order valence-electron chi connectivity index (χ4n) is 4.58. The molecule has 6 heteroatoms. The lowest BCUT2D eigenvalue weighted by Gasteiger charge is -2.39. The Kier molecular flexibility index (Phi) is 5.90. The van der Waals surface area contributed by atoms with E-state index in [2.05, 4.69) is 53.2 Å². The minimum absolute atomic E-state index is 0.0969. The molecule has 0 radical (unpaired) electrons. The predicted molar refractivity (Wildman–Crippen MR) is 113 cm³/mol. The summed E-state index contributed by atoms with van der Waals surface area (Å²) in [6, 6.07) is 8.43. The topological polar surface area (TPSA) is 61.5 Å². The Hall–Kier alpha value is -2.34. The average Bonchev–Trinajstić information content (AvgIpc) is 3.38. The first-order valence-electron chi connectivity index (χ1n) is 10.8. The van der Waals surface area contributed by atoms with Gasteiger partial charge in [-0.1, -0.05) is 32.0 Å². The monoisotopic (exact) mass is 396 g/mol. The Morgan fingerprint density at radius 2 is 1.97 bits per heavy atom. The van der Waals surface area contributed by atoms with Crippen molar-refractivity contribution >= 4 is 5.91 Å². The molecule has 2 fully saturated rings. The van der Waals surface area contributed by atoms with Crippen molar-refractivity contribution in [2.45, 2.75) is 39.7 Å². The van der Waals surface area contributed by atoms with E-state index in [9.17, 15) is 4.79 Å².